The lowest BCUT2D eigenvalue weighted by molar-refractivity contribution is -0.123. The fraction of sp³-hybridized carbons (Fsp3) is 0.533. The van der Waals surface area contributed by atoms with Gasteiger partial charge in [0.2, 0.25) is 5.91 Å². The first-order valence-electron chi connectivity index (χ1n) is 6.74. The van der Waals surface area contributed by atoms with Gasteiger partial charge in [-0.15, -0.1) is 0 Å². The summed E-state index contributed by atoms with van der Waals surface area (Å²) in [5, 5.41) is 13.0. The summed E-state index contributed by atoms with van der Waals surface area (Å²) in [6.07, 6.45) is 0.0897. The average Bonchev–Trinajstić information content (AvgIpc) is 2.66. The van der Waals surface area contributed by atoms with Gasteiger partial charge in [-0.05, 0) is 32.0 Å². The lowest BCUT2D eigenvalue weighted by atomic mass is 10.1. The molecular weight excluding hydrogens is 240 g/mol. The summed E-state index contributed by atoms with van der Waals surface area (Å²) in [6, 6.07) is 7.93. The Hall–Kier alpha value is -1.39. The van der Waals surface area contributed by atoms with E-state index in [1.807, 2.05) is 50.1 Å². The molecule has 2 atom stereocenters. The Kier molecular flexibility index (Phi) is 4.22. The smallest absolute Gasteiger partial charge is 0.234 e. The number of likely N-dealkylation sites (N-methyl/N-ethyl adjacent to an activating group) is 1. The van der Waals surface area contributed by atoms with E-state index >= 15 is 0 Å². The number of amides is 1. The van der Waals surface area contributed by atoms with E-state index in [-0.39, 0.29) is 11.9 Å². The number of hydrogen-bond donors (Lipinski definition) is 2. The monoisotopic (exact) mass is 262 g/mol. The quantitative estimate of drug-likeness (QED) is 0.854. The maximum absolute atomic E-state index is 12.0. The van der Waals surface area contributed by atoms with Gasteiger partial charge in [0.15, 0.2) is 0 Å². The maximum Gasteiger partial charge on any atom is 0.234 e. The van der Waals surface area contributed by atoms with Crippen molar-refractivity contribution in [3.8, 4) is 0 Å². The van der Waals surface area contributed by atoms with Crippen LogP contribution < -0.4 is 5.32 Å². The summed E-state index contributed by atoms with van der Waals surface area (Å²) in [7, 11) is 1.92. The number of fused-ring (bicyclic) bond motifs is 1. The van der Waals surface area contributed by atoms with Gasteiger partial charge in [0, 0.05) is 12.5 Å². The molecule has 0 spiro atoms. The van der Waals surface area contributed by atoms with E-state index in [0.29, 0.717) is 19.0 Å². The molecule has 2 rings (SSSR count). The van der Waals surface area contributed by atoms with E-state index in [9.17, 15) is 9.90 Å². The standard InChI is InChI=1S/C15H22N2O2/c1-10(2)17(3)9-14(19)16-15-12-7-5-4-6-11(12)8-13(15)18/h4-7,10,13,15,18H,8-9H2,1-3H3,(H,16,19)/t13-,15-/m1/s1. The Morgan fingerprint density at radius 3 is 2.84 bits per heavy atom. The molecule has 0 aliphatic heterocycles. The highest BCUT2D eigenvalue weighted by Crippen LogP contribution is 2.31. The van der Waals surface area contributed by atoms with E-state index in [0.717, 1.165) is 11.1 Å². The molecule has 4 nitrogen and oxygen atoms in total. The number of benzene rings is 1. The Balaban J connectivity index is 2.01. The van der Waals surface area contributed by atoms with Gasteiger partial charge in [-0.1, -0.05) is 24.3 Å². The molecule has 0 heterocycles. The first kappa shape index (κ1) is 14.0. The van der Waals surface area contributed by atoms with Gasteiger partial charge in [0.05, 0.1) is 18.7 Å². The highest BCUT2D eigenvalue weighted by atomic mass is 16.3. The Bertz CT molecular complexity index is 459. The summed E-state index contributed by atoms with van der Waals surface area (Å²) in [6.45, 7) is 4.45. The lowest BCUT2D eigenvalue weighted by Crippen LogP contribution is -2.41. The van der Waals surface area contributed by atoms with Crippen LogP contribution in [0.25, 0.3) is 0 Å². The van der Waals surface area contributed by atoms with Crippen molar-refractivity contribution >= 4 is 5.91 Å². The van der Waals surface area contributed by atoms with Crippen LogP contribution in [0.15, 0.2) is 24.3 Å². The first-order chi connectivity index (χ1) is 8.99. The lowest BCUT2D eigenvalue weighted by Gasteiger charge is -2.23. The molecule has 1 aliphatic carbocycles. The minimum atomic E-state index is -0.522. The molecule has 1 aliphatic rings. The minimum absolute atomic E-state index is 0.0445. The number of hydrogen-bond acceptors (Lipinski definition) is 3. The predicted octanol–water partition coefficient (Wildman–Crippen LogP) is 1.10. The van der Waals surface area contributed by atoms with E-state index in [1.54, 1.807) is 0 Å². The third-order valence-corrected chi connectivity index (χ3v) is 3.80. The van der Waals surface area contributed by atoms with Crippen LogP contribution in [0.1, 0.15) is 31.0 Å². The topological polar surface area (TPSA) is 52.6 Å². The van der Waals surface area contributed by atoms with E-state index < -0.39 is 6.10 Å². The van der Waals surface area contributed by atoms with Crippen LogP contribution in [0.2, 0.25) is 0 Å². The van der Waals surface area contributed by atoms with Gasteiger partial charge in [-0.2, -0.15) is 0 Å². The molecule has 0 fully saturated rings. The highest BCUT2D eigenvalue weighted by Gasteiger charge is 2.31. The third kappa shape index (κ3) is 3.14. The van der Waals surface area contributed by atoms with Gasteiger partial charge < -0.3 is 10.4 Å². The summed E-state index contributed by atoms with van der Waals surface area (Å²) >= 11 is 0. The van der Waals surface area contributed by atoms with Crippen molar-refractivity contribution in [2.45, 2.75) is 38.5 Å². The van der Waals surface area contributed by atoms with Crippen LogP contribution >= 0.6 is 0 Å². The predicted molar refractivity (Wildman–Crippen MR) is 74.8 cm³/mol. The number of carbonyl (C=O) groups is 1. The minimum Gasteiger partial charge on any atom is -0.390 e. The zero-order valence-electron chi connectivity index (χ0n) is 11.8. The van der Waals surface area contributed by atoms with Crippen molar-refractivity contribution in [1.82, 2.24) is 10.2 Å². The molecule has 1 amide bonds. The molecule has 0 saturated carbocycles. The fourth-order valence-electron chi connectivity index (χ4n) is 2.38. The van der Waals surface area contributed by atoms with Crippen molar-refractivity contribution in [3.63, 3.8) is 0 Å². The highest BCUT2D eigenvalue weighted by molar-refractivity contribution is 5.78. The molecule has 19 heavy (non-hydrogen) atoms. The molecule has 0 radical (unpaired) electrons. The summed E-state index contributed by atoms with van der Waals surface area (Å²) in [4.78, 5) is 14.0. The first-order valence-corrected chi connectivity index (χ1v) is 6.74. The molecule has 0 unspecified atom stereocenters. The van der Waals surface area contributed by atoms with Crippen LogP contribution in [0, 0.1) is 0 Å². The summed E-state index contributed by atoms with van der Waals surface area (Å²) < 4.78 is 0. The van der Waals surface area contributed by atoms with Gasteiger partial charge >= 0.3 is 0 Å². The Morgan fingerprint density at radius 1 is 1.47 bits per heavy atom. The number of aliphatic hydroxyl groups is 1. The van der Waals surface area contributed by atoms with Crippen molar-refractivity contribution in [2.24, 2.45) is 0 Å². The van der Waals surface area contributed by atoms with Crippen molar-refractivity contribution in [3.05, 3.63) is 35.4 Å². The number of carbonyl (C=O) groups excluding carboxylic acids is 1. The van der Waals surface area contributed by atoms with Gasteiger partial charge in [0.25, 0.3) is 0 Å². The average molecular weight is 262 g/mol. The van der Waals surface area contributed by atoms with Crippen molar-refractivity contribution < 1.29 is 9.90 Å². The number of aliphatic hydroxyl groups excluding tert-OH is 1. The number of nitrogens with zero attached hydrogens (tertiary/aromatic N) is 1. The van der Waals surface area contributed by atoms with Crippen LogP contribution in [0.3, 0.4) is 0 Å². The van der Waals surface area contributed by atoms with Crippen LogP contribution in [0.4, 0.5) is 0 Å². The molecular formula is C15H22N2O2. The second-order valence-electron chi connectivity index (χ2n) is 5.52. The zero-order valence-corrected chi connectivity index (χ0v) is 11.8. The van der Waals surface area contributed by atoms with Gasteiger partial charge in [-0.25, -0.2) is 0 Å². The fourth-order valence-corrected chi connectivity index (χ4v) is 2.38. The van der Waals surface area contributed by atoms with Crippen molar-refractivity contribution in [1.29, 1.82) is 0 Å². The second-order valence-corrected chi connectivity index (χ2v) is 5.52. The molecule has 2 N–H and O–H groups in total. The summed E-state index contributed by atoms with van der Waals surface area (Å²) in [5.74, 6) is -0.0445. The molecule has 0 saturated heterocycles. The van der Waals surface area contributed by atoms with E-state index in [1.165, 1.54) is 0 Å². The molecule has 104 valence electrons. The Labute approximate surface area is 114 Å². The van der Waals surface area contributed by atoms with E-state index in [2.05, 4.69) is 5.32 Å². The molecule has 0 aromatic heterocycles. The molecule has 0 bridgehead atoms. The third-order valence-electron chi connectivity index (χ3n) is 3.80. The van der Waals surface area contributed by atoms with Crippen molar-refractivity contribution in [2.75, 3.05) is 13.6 Å². The summed E-state index contributed by atoms with van der Waals surface area (Å²) in [5.41, 5.74) is 2.16. The number of nitrogens with one attached hydrogen (secondary N) is 1. The van der Waals surface area contributed by atoms with Crippen LogP contribution in [-0.2, 0) is 11.2 Å². The molecule has 1 aromatic carbocycles. The zero-order chi connectivity index (χ0) is 14.0. The Morgan fingerprint density at radius 2 is 2.16 bits per heavy atom. The van der Waals surface area contributed by atoms with Gasteiger partial charge in [-0.3, -0.25) is 9.69 Å². The largest absolute Gasteiger partial charge is 0.390 e. The van der Waals surface area contributed by atoms with Crippen LogP contribution in [0.5, 0.6) is 0 Å². The van der Waals surface area contributed by atoms with Crippen LogP contribution in [-0.4, -0.2) is 41.7 Å². The molecule has 4 heteroatoms. The van der Waals surface area contributed by atoms with Gasteiger partial charge in [0.1, 0.15) is 0 Å². The molecule has 1 aromatic rings. The normalized spacial score (nSPS) is 21.8. The van der Waals surface area contributed by atoms with E-state index in [4.69, 9.17) is 0 Å². The SMILES string of the molecule is CC(C)N(C)CC(=O)N[C@@H]1c2ccccc2C[C@H]1O. The number of rotatable bonds is 4. The second kappa shape index (κ2) is 5.72. The maximum atomic E-state index is 12.0.